The zero-order valence-corrected chi connectivity index (χ0v) is 20.7. The van der Waals surface area contributed by atoms with Crippen LogP contribution < -0.4 is 0 Å². The van der Waals surface area contributed by atoms with Crippen molar-refractivity contribution in [3.8, 4) is 0 Å². The third kappa shape index (κ3) is 2.39. The standard InChI is InChI=1S/C29H48/c1-8-20-10-11-21-22-12-13-24-27(5)16-9-15-25(2,3)23(27)14-17-29(24,7)28(22,6)19-18-26(20,21)4/h20,23-24H,8-19H2,1-7H3/t20-,23?,24+,26+,27-,28+,29+/m0/s1. The summed E-state index contributed by atoms with van der Waals surface area (Å²) in [5.41, 5.74) is 6.63. The molecule has 0 bridgehead atoms. The van der Waals surface area contributed by atoms with Crippen LogP contribution in [0.3, 0.4) is 0 Å². The second kappa shape index (κ2) is 6.16. The fourth-order valence-electron chi connectivity index (χ4n) is 11.0. The van der Waals surface area contributed by atoms with Crippen LogP contribution in [0.25, 0.3) is 0 Å². The maximum absolute atomic E-state index is 2.77. The van der Waals surface area contributed by atoms with E-state index in [0.29, 0.717) is 27.1 Å². The molecular formula is C29H48. The molecule has 0 aromatic carbocycles. The van der Waals surface area contributed by atoms with Gasteiger partial charge < -0.3 is 0 Å². The van der Waals surface area contributed by atoms with Gasteiger partial charge in [0.05, 0.1) is 0 Å². The lowest BCUT2D eigenvalue weighted by molar-refractivity contribution is -0.179. The van der Waals surface area contributed by atoms with Gasteiger partial charge in [0, 0.05) is 0 Å². The fourth-order valence-corrected chi connectivity index (χ4v) is 11.0. The molecule has 0 spiro atoms. The molecule has 0 aromatic rings. The average Bonchev–Trinajstić information content (AvgIpc) is 2.98. The Morgan fingerprint density at radius 1 is 0.724 bits per heavy atom. The Labute approximate surface area is 181 Å². The Hall–Kier alpha value is -0.260. The lowest BCUT2D eigenvalue weighted by Crippen LogP contribution is -2.62. The minimum Gasteiger partial charge on any atom is -0.0651 e. The Kier molecular flexibility index (Phi) is 4.38. The van der Waals surface area contributed by atoms with Crippen LogP contribution in [0.5, 0.6) is 0 Å². The van der Waals surface area contributed by atoms with E-state index in [4.69, 9.17) is 0 Å². The molecule has 5 aliphatic carbocycles. The summed E-state index contributed by atoms with van der Waals surface area (Å²) in [4.78, 5) is 0. The molecule has 164 valence electrons. The molecule has 0 N–H and O–H groups in total. The fraction of sp³-hybridized carbons (Fsp3) is 0.931. The lowest BCUT2D eigenvalue weighted by Gasteiger charge is -2.70. The van der Waals surface area contributed by atoms with Gasteiger partial charge in [0.25, 0.3) is 0 Å². The normalized spacial score (nSPS) is 53.7. The zero-order valence-electron chi connectivity index (χ0n) is 20.7. The molecule has 0 heterocycles. The number of hydrogen-bond acceptors (Lipinski definition) is 0. The van der Waals surface area contributed by atoms with Gasteiger partial charge in [0.1, 0.15) is 0 Å². The van der Waals surface area contributed by atoms with Crippen LogP contribution in [0.15, 0.2) is 11.1 Å². The molecule has 5 aliphatic rings. The van der Waals surface area contributed by atoms with E-state index in [2.05, 4.69) is 48.5 Å². The van der Waals surface area contributed by atoms with Crippen LogP contribution >= 0.6 is 0 Å². The molecule has 5 rings (SSSR count). The number of allylic oxidation sites excluding steroid dienone is 2. The van der Waals surface area contributed by atoms with Crippen LogP contribution in [0.2, 0.25) is 0 Å². The highest BCUT2D eigenvalue weighted by Crippen LogP contribution is 2.75. The first-order valence-corrected chi connectivity index (χ1v) is 13.3. The SMILES string of the molecule is CC[C@H]1CCC2=C3CC[C@@H]4[C@@]5(C)CCCC(C)(C)C5CC[C@@]4(C)[C@]3(C)CC[C@@]21C. The molecule has 7 atom stereocenters. The summed E-state index contributed by atoms with van der Waals surface area (Å²) in [5, 5.41) is 0. The third-order valence-corrected chi connectivity index (χ3v) is 12.7. The van der Waals surface area contributed by atoms with Gasteiger partial charge in [0.15, 0.2) is 0 Å². The van der Waals surface area contributed by atoms with Crippen molar-refractivity contribution < 1.29 is 0 Å². The van der Waals surface area contributed by atoms with Gasteiger partial charge in [-0.05, 0) is 109 Å². The van der Waals surface area contributed by atoms with Crippen LogP contribution in [-0.2, 0) is 0 Å². The van der Waals surface area contributed by atoms with Crippen LogP contribution in [0.1, 0.15) is 126 Å². The molecule has 4 saturated carbocycles. The predicted octanol–water partition coefficient (Wildman–Crippen LogP) is 8.95. The van der Waals surface area contributed by atoms with Crippen molar-refractivity contribution in [2.45, 2.75) is 126 Å². The summed E-state index contributed by atoms with van der Waals surface area (Å²) in [6, 6.07) is 0. The Bertz CT molecular complexity index is 726. The average molecular weight is 397 g/mol. The molecule has 0 amide bonds. The number of hydrogen-bond donors (Lipinski definition) is 0. The van der Waals surface area contributed by atoms with Crippen LogP contribution in [0, 0.1) is 44.8 Å². The topological polar surface area (TPSA) is 0 Å². The molecule has 0 saturated heterocycles. The van der Waals surface area contributed by atoms with E-state index in [-0.39, 0.29) is 0 Å². The maximum Gasteiger partial charge on any atom is -0.00566 e. The molecule has 4 fully saturated rings. The minimum atomic E-state index is 0.475. The van der Waals surface area contributed by atoms with Crippen molar-refractivity contribution in [1.29, 1.82) is 0 Å². The Morgan fingerprint density at radius 2 is 1.45 bits per heavy atom. The molecule has 29 heavy (non-hydrogen) atoms. The van der Waals surface area contributed by atoms with Crippen molar-refractivity contribution in [3.63, 3.8) is 0 Å². The van der Waals surface area contributed by atoms with E-state index in [1.165, 1.54) is 77.0 Å². The summed E-state index contributed by atoms with van der Waals surface area (Å²) in [5.74, 6) is 2.84. The molecule has 0 nitrogen and oxygen atoms in total. The molecule has 0 aromatic heterocycles. The van der Waals surface area contributed by atoms with Crippen LogP contribution in [0.4, 0.5) is 0 Å². The monoisotopic (exact) mass is 396 g/mol. The summed E-state index contributed by atoms with van der Waals surface area (Å²) >= 11 is 0. The summed E-state index contributed by atoms with van der Waals surface area (Å²) in [6.45, 7) is 18.6. The van der Waals surface area contributed by atoms with Crippen molar-refractivity contribution in [2.24, 2.45) is 44.8 Å². The molecule has 1 unspecified atom stereocenters. The third-order valence-electron chi connectivity index (χ3n) is 12.7. The second-order valence-electron chi connectivity index (χ2n) is 13.8. The van der Waals surface area contributed by atoms with Crippen LogP contribution in [-0.4, -0.2) is 0 Å². The number of rotatable bonds is 1. The molecular weight excluding hydrogens is 348 g/mol. The largest absolute Gasteiger partial charge is 0.0651 e. The highest BCUT2D eigenvalue weighted by Gasteiger charge is 2.66. The maximum atomic E-state index is 2.77. The molecule has 0 heteroatoms. The highest BCUT2D eigenvalue weighted by atomic mass is 14.7. The summed E-state index contributed by atoms with van der Waals surface area (Å²) in [7, 11) is 0. The second-order valence-corrected chi connectivity index (χ2v) is 13.8. The first kappa shape index (κ1) is 20.6. The quantitative estimate of drug-likeness (QED) is 0.388. The van der Waals surface area contributed by atoms with Gasteiger partial charge in [0.2, 0.25) is 0 Å². The van der Waals surface area contributed by atoms with Gasteiger partial charge >= 0.3 is 0 Å². The zero-order chi connectivity index (χ0) is 20.9. The molecule has 0 radical (unpaired) electrons. The first-order valence-electron chi connectivity index (χ1n) is 13.3. The predicted molar refractivity (Wildman–Crippen MR) is 125 cm³/mol. The summed E-state index contributed by atoms with van der Waals surface area (Å²) in [6.07, 6.45) is 17.5. The van der Waals surface area contributed by atoms with Crippen molar-refractivity contribution >= 4 is 0 Å². The lowest BCUT2D eigenvalue weighted by atomic mass is 9.34. The Morgan fingerprint density at radius 3 is 2.17 bits per heavy atom. The van der Waals surface area contributed by atoms with Gasteiger partial charge in [-0.1, -0.05) is 72.5 Å². The smallest absolute Gasteiger partial charge is 0.00566 e. The van der Waals surface area contributed by atoms with Crippen molar-refractivity contribution in [2.75, 3.05) is 0 Å². The Balaban J connectivity index is 1.59. The minimum absolute atomic E-state index is 0.475. The van der Waals surface area contributed by atoms with Gasteiger partial charge in [-0.25, -0.2) is 0 Å². The highest BCUT2D eigenvalue weighted by molar-refractivity contribution is 5.38. The van der Waals surface area contributed by atoms with Gasteiger partial charge in [-0.2, -0.15) is 0 Å². The van der Waals surface area contributed by atoms with Crippen molar-refractivity contribution in [3.05, 3.63) is 11.1 Å². The van der Waals surface area contributed by atoms with E-state index < -0.39 is 0 Å². The van der Waals surface area contributed by atoms with E-state index in [9.17, 15) is 0 Å². The molecule has 0 aliphatic heterocycles. The van der Waals surface area contributed by atoms with E-state index in [1.807, 2.05) is 11.1 Å². The van der Waals surface area contributed by atoms with Crippen molar-refractivity contribution in [1.82, 2.24) is 0 Å². The van der Waals surface area contributed by atoms with Gasteiger partial charge in [-0.3, -0.25) is 0 Å². The van der Waals surface area contributed by atoms with E-state index in [0.717, 1.165) is 17.8 Å². The number of fused-ring (bicyclic) bond motifs is 6. The summed E-state index contributed by atoms with van der Waals surface area (Å²) < 4.78 is 0. The van der Waals surface area contributed by atoms with E-state index in [1.54, 1.807) is 0 Å². The first-order chi connectivity index (χ1) is 13.5. The van der Waals surface area contributed by atoms with Gasteiger partial charge in [-0.15, -0.1) is 0 Å². The van der Waals surface area contributed by atoms with E-state index >= 15 is 0 Å².